The van der Waals surface area contributed by atoms with Crippen LogP contribution in [0.4, 0.5) is 5.82 Å². The van der Waals surface area contributed by atoms with E-state index < -0.39 is 9.84 Å². The Balaban J connectivity index is 2.38. The molecule has 0 radical (unpaired) electrons. The zero-order chi connectivity index (χ0) is 12.0. The number of anilines is 1. The summed E-state index contributed by atoms with van der Waals surface area (Å²) in [5.74, 6) is 1.04. The van der Waals surface area contributed by atoms with E-state index in [4.69, 9.17) is 5.73 Å². The van der Waals surface area contributed by atoms with E-state index >= 15 is 0 Å². The summed E-state index contributed by atoms with van der Waals surface area (Å²) in [5.41, 5.74) is 6.13. The van der Waals surface area contributed by atoms with Crippen LogP contribution in [0.2, 0.25) is 0 Å². The highest BCUT2D eigenvalue weighted by atomic mass is 32.2. The molecule has 0 aromatic carbocycles. The fourth-order valence-corrected chi connectivity index (χ4v) is 4.28. The summed E-state index contributed by atoms with van der Waals surface area (Å²) in [6, 6.07) is 1.78. The largest absolute Gasteiger partial charge is 0.384 e. The molecular formula is C10H17N3O2S. The molecule has 1 unspecified atom stereocenters. The number of nitrogen functional groups attached to an aromatic ring is 1. The van der Waals surface area contributed by atoms with Gasteiger partial charge in [-0.25, -0.2) is 8.42 Å². The molecule has 90 valence electrons. The highest BCUT2D eigenvalue weighted by molar-refractivity contribution is 7.91. The lowest BCUT2D eigenvalue weighted by molar-refractivity contribution is 0.430. The smallest absolute Gasteiger partial charge is 0.151 e. The number of sulfone groups is 1. The van der Waals surface area contributed by atoms with E-state index in [-0.39, 0.29) is 11.2 Å². The van der Waals surface area contributed by atoms with Crippen molar-refractivity contribution in [1.82, 2.24) is 9.78 Å². The van der Waals surface area contributed by atoms with Crippen LogP contribution in [0.1, 0.15) is 25.5 Å². The van der Waals surface area contributed by atoms with Crippen LogP contribution in [0, 0.1) is 0 Å². The maximum Gasteiger partial charge on any atom is 0.151 e. The number of rotatable bonds is 1. The second-order valence-corrected chi connectivity index (χ2v) is 7.02. The fourth-order valence-electron chi connectivity index (χ4n) is 2.29. The number of aryl methyl sites for hydroxylation is 1. The van der Waals surface area contributed by atoms with Gasteiger partial charge in [0.05, 0.1) is 17.2 Å². The van der Waals surface area contributed by atoms with Gasteiger partial charge in [-0.3, -0.25) is 4.68 Å². The summed E-state index contributed by atoms with van der Waals surface area (Å²) < 4.78 is 24.9. The Morgan fingerprint density at radius 1 is 1.56 bits per heavy atom. The van der Waals surface area contributed by atoms with E-state index in [2.05, 4.69) is 5.10 Å². The number of nitrogens with two attached hydrogens (primary N) is 1. The van der Waals surface area contributed by atoms with Crippen LogP contribution in [-0.2, 0) is 22.3 Å². The van der Waals surface area contributed by atoms with Crippen LogP contribution in [0.25, 0.3) is 0 Å². The molecule has 2 rings (SSSR count). The third-order valence-electron chi connectivity index (χ3n) is 3.26. The van der Waals surface area contributed by atoms with Gasteiger partial charge in [-0.2, -0.15) is 5.10 Å². The lowest BCUT2D eigenvalue weighted by Crippen LogP contribution is -2.37. The van der Waals surface area contributed by atoms with Crippen molar-refractivity contribution in [1.29, 1.82) is 0 Å². The van der Waals surface area contributed by atoms with E-state index in [1.54, 1.807) is 17.8 Å². The number of aromatic nitrogens is 2. The molecule has 2 heterocycles. The fraction of sp³-hybridized carbons (Fsp3) is 0.700. The van der Waals surface area contributed by atoms with E-state index in [0.29, 0.717) is 18.0 Å². The van der Waals surface area contributed by atoms with Gasteiger partial charge < -0.3 is 5.73 Å². The minimum absolute atomic E-state index is 0.177. The monoisotopic (exact) mass is 243 g/mol. The number of hydrogen-bond acceptors (Lipinski definition) is 4. The lowest BCUT2D eigenvalue weighted by atomic mass is 9.84. The van der Waals surface area contributed by atoms with E-state index in [1.165, 1.54) is 0 Å². The molecule has 1 aromatic rings. The van der Waals surface area contributed by atoms with Crippen LogP contribution in [0.15, 0.2) is 6.07 Å². The van der Waals surface area contributed by atoms with Gasteiger partial charge >= 0.3 is 0 Å². The Hall–Kier alpha value is -1.04. The average Bonchev–Trinajstić information content (AvgIpc) is 2.45. The van der Waals surface area contributed by atoms with Gasteiger partial charge in [-0.05, 0) is 12.8 Å². The van der Waals surface area contributed by atoms with Gasteiger partial charge in [-0.15, -0.1) is 0 Å². The van der Waals surface area contributed by atoms with Crippen LogP contribution >= 0.6 is 0 Å². The molecule has 0 bridgehead atoms. The molecule has 0 saturated carbocycles. The van der Waals surface area contributed by atoms with E-state index in [0.717, 1.165) is 12.1 Å². The lowest BCUT2D eigenvalue weighted by Gasteiger charge is -2.31. The summed E-state index contributed by atoms with van der Waals surface area (Å²) in [6.45, 7) is 1.95. The third-order valence-corrected chi connectivity index (χ3v) is 5.24. The van der Waals surface area contributed by atoms with Gasteiger partial charge in [0.1, 0.15) is 5.82 Å². The van der Waals surface area contributed by atoms with Crippen LogP contribution in [0.3, 0.4) is 0 Å². The minimum atomic E-state index is -2.93. The van der Waals surface area contributed by atoms with Crippen molar-refractivity contribution in [3.8, 4) is 0 Å². The summed E-state index contributed by atoms with van der Waals surface area (Å²) in [5, 5.41) is 4.30. The maximum atomic E-state index is 11.7. The van der Waals surface area contributed by atoms with Gasteiger partial charge in [0.15, 0.2) is 9.84 Å². The van der Waals surface area contributed by atoms with Crippen molar-refractivity contribution in [2.24, 2.45) is 7.05 Å². The van der Waals surface area contributed by atoms with Gasteiger partial charge in [0.25, 0.3) is 0 Å². The predicted molar refractivity (Wildman–Crippen MR) is 62.9 cm³/mol. The standard InChI is InChI=1S/C10H17N3O2S/c1-10(4-3-5-16(14,15)7-10)8-6-9(11)13(2)12-8/h6H,3-5,7,11H2,1-2H3. The zero-order valence-corrected chi connectivity index (χ0v) is 10.4. The van der Waals surface area contributed by atoms with E-state index in [9.17, 15) is 8.42 Å². The molecule has 1 aromatic heterocycles. The molecule has 0 amide bonds. The van der Waals surface area contributed by atoms with Gasteiger partial charge in [0, 0.05) is 18.5 Å². The molecule has 0 spiro atoms. The second kappa shape index (κ2) is 3.48. The highest BCUT2D eigenvalue weighted by Crippen LogP contribution is 2.34. The normalized spacial score (nSPS) is 29.1. The van der Waals surface area contributed by atoms with Crippen LogP contribution < -0.4 is 5.73 Å². The van der Waals surface area contributed by atoms with Crippen molar-refractivity contribution in [2.75, 3.05) is 17.2 Å². The van der Waals surface area contributed by atoms with Crippen molar-refractivity contribution in [2.45, 2.75) is 25.2 Å². The first-order valence-electron chi connectivity index (χ1n) is 5.33. The Kier molecular flexibility index (Phi) is 2.49. The molecule has 1 aliphatic rings. The molecule has 0 aliphatic carbocycles. The maximum absolute atomic E-state index is 11.7. The molecular weight excluding hydrogens is 226 g/mol. The van der Waals surface area contributed by atoms with Gasteiger partial charge in [-0.1, -0.05) is 6.92 Å². The summed E-state index contributed by atoms with van der Waals surface area (Å²) in [7, 11) is -1.17. The Morgan fingerprint density at radius 2 is 2.25 bits per heavy atom. The van der Waals surface area contributed by atoms with Crippen molar-refractivity contribution >= 4 is 15.7 Å². The predicted octanol–water partition coefficient (Wildman–Crippen LogP) is 0.469. The minimum Gasteiger partial charge on any atom is -0.384 e. The molecule has 1 saturated heterocycles. The SMILES string of the molecule is Cn1nc(C2(C)CCCS(=O)(=O)C2)cc1N. The number of nitrogens with zero attached hydrogens (tertiary/aromatic N) is 2. The quantitative estimate of drug-likeness (QED) is 0.777. The molecule has 5 nitrogen and oxygen atoms in total. The Morgan fingerprint density at radius 3 is 2.75 bits per heavy atom. The summed E-state index contributed by atoms with van der Waals surface area (Å²) in [6.07, 6.45) is 1.55. The molecule has 1 atom stereocenters. The Bertz CT molecular complexity index is 487. The molecule has 1 aliphatic heterocycles. The van der Waals surface area contributed by atoms with Crippen molar-refractivity contribution < 1.29 is 8.42 Å². The van der Waals surface area contributed by atoms with Crippen LogP contribution in [0.5, 0.6) is 0 Å². The molecule has 1 fully saturated rings. The van der Waals surface area contributed by atoms with Gasteiger partial charge in [0.2, 0.25) is 0 Å². The van der Waals surface area contributed by atoms with Crippen molar-refractivity contribution in [3.05, 3.63) is 11.8 Å². The zero-order valence-electron chi connectivity index (χ0n) is 9.60. The summed E-state index contributed by atoms with van der Waals surface area (Å²) in [4.78, 5) is 0. The first kappa shape index (κ1) is 11.4. The second-order valence-electron chi connectivity index (χ2n) is 4.83. The topological polar surface area (TPSA) is 78.0 Å². The average molecular weight is 243 g/mol. The molecule has 2 N–H and O–H groups in total. The summed E-state index contributed by atoms with van der Waals surface area (Å²) >= 11 is 0. The molecule has 6 heteroatoms. The van der Waals surface area contributed by atoms with E-state index in [1.807, 2.05) is 6.92 Å². The first-order valence-corrected chi connectivity index (χ1v) is 7.15. The number of hydrogen-bond donors (Lipinski definition) is 1. The van der Waals surface area contributed by atoms with Crippen molar-refractivity contribution in [3.63, 3.8) is 0 Å². The van der Waals surface area contributed by atoms with Crippen LogP contribution in [-0.4, -0.2) is 29.7 Å². The molecule has 16 heavy (non-hydrogen) atoms. The highest BCUT2D eigenvalue weighted by Gasteiger charge is 2.38. The Labute approximate surface area is 95.6 Å². The third kappa shape index (κ3) is 1.93. The first-order chi connectivity index (χ1) is 7.32.